The van der Waals surface area contributed by atoms with E-state index in [1.807, 2.05) is 0 Å². The minimum Gasteiger partial charge on any atom is -0.506 e. The minimum atomic E-state index is 0.253. The lowest BCUT2D eigenvalue weighted by Gasteiger charge is -2.29. The molecule has 0 atom stereocenters. The Morgan fingerprint density at radius 1 is 1.26 bits per heavy atom. The zero-order valence-corrected chi connectivity index (χ0v) is 12.2. The Morgan fingerprint density at radius 3 is 2.79 bits per heavy atom. The Kier molecular flexibility index (Phi) is 3.81. The zero-order valence-electron chi connectivity index (χ0n) is 10.6. The number of phenolic OH excluding ortho intramolecular Hbond substituents is 1. The summed E-state index contributed by atoms with van der Waals surface area (Å²) in [6.07, 6.45) is 0. The third kappa shape index (κ3) is 2.66. The third-order valence-corrected chi connectivity index (χ3v) is 4.05. The Bertz CT molecular complexity index is 475. The predicted molar refractivity (Wildman–Crippen MR) is 74.9 cm³/mol. The molecular weight excluding hydrogens is 312 g/mol. The van der Waals surface area contributed by atoms with Crippen molar-refractivity contribution in [3.8, 4) is 17.2 Å². The van der Waals surface area contributed by atoms with Crippen LogP contribution in [0.3, 0.4) is 0 Å². The lowest BCUT2D eigenvalue weighted by molar-refractivity contribution is 0.163. The molecule has 0 spiro atoms. The number of halogens is 1. The summed E-state index contributed by atoms with van der Waals surface area (Å²) < 4.78 is 11.9. The molecule has 2 N–H and O–H groups in total. The second kappa shape index (κ2) is 5.56. The van der Waals surface area contributed by atoms with Gasteiger partial charge in [0.2, 0.25) is 0 Å². The molecule has 2 aliphatic heterocycles. The normalized spacial score (nSPS) is 19.4. The SMILES string of the molecule is Oc1c(Br)cc2c(c1CN1CCNCC1)OCCO2. The third-order valence-electron chi connectivity index (χ3n) is 3.45. The van der Waals surface area contributed by atoms with Crippen molar-refractivity contribution in [2.24, 2.45) is 0 Å². The first-order valence-electron chi connectivity index (χ1n) is 6.48. The molecule has 1 saturated heterocycles. The molecule has 1 fully saturated rings. The van der Waals surface area contributed by atoms with Crippen molar-refractivity contribution in [1.29, 1.82) is 0 Å². The summed E-state index contributed by atoms with van der Waals surface area (Å²) in [5.41, 5.74) is 0.811. The Labute approximate surface area is 120 Å². The summed E-state index contributed by atoms with van der Waals surface area (Å²) in [6.45, 7) is 5.67. The molecule has 5 nitrogen and oxygen atoms in total. The molecule has 6 heteroatoms. The van der Waals surface area contributed by atoms with Crippen LogP contribution in [0, 0.1) is 0 Å². The van der Waals surface area contributed by atoms with Crippen LogP contribution >= 0.6 is 15.9 Å². The fourth-order valence-electron chi connectivity index (χ4n) is 2.45. The van der Waals surface area contributed by atoms with E-state index >= 15 is 0 Å². The Morgan fingerprint density at radius 2 is 2.00 bits per heavy atom. The smallest absolute Gasteiger partial charge is 0.169 e. The highest BCUT2D eigenvalue weighted by Crippen LogP contribution is 2.44. The lowest BCUT2D eigenvalue weighted by Crippen LogP contribution is -2.43. The van der Waals surface area contributed by atoms with Gasteiger partial charge in [0, 0.05) is 38.8 Å². The zero-order chi connectivity index (χ0) is 13.2. The van der Waals surface area contributed by atoms with Crippen molar-refractivity contribution >= 4 is 15.9 Å². The van der Waals surface area contributed by atoms with E-state index in [-0.39, 0.29) is 5.75 Å². The first-order valence-corrected chi connectivity index (χ1v) is 7.28. The highest BCUT2D eigenvalue weighted by Gasteiger charge is 2.24. The molecule has 2 aliphatic rings. The van der Waals surface area contributed by atoms with Crippen LogP contribution < -0.4 is 14.8 Å². The fraction of sp³-hybridized carbons (Fsp3) is 0.538. The van der Waals surface area contributed by atoms with Crippen LogP contribution in [0.25, 0.3) is 0 Å². The lowest BCUT2D eigenvalue weighted by atomic mass is 10.1. The van der Waals surface area contributed by atoms with Gasteiger partial charge in [-0.05, 0) is 15.9 Å². The Balaban J connectivity index is 1.91. The Hall–Kier alpha value is -0.980. The molecule has 104 valence electrons. The van der Waals surface area contributed by atoms with Crippen molar-refractivity contribution in [2.45, 2.75) is 6.54 Å². The van der Waals surface area contributed by atoms with Crippen molar-refractivity contribution in [1.82, 2.24) is 10.2 Å². The summed E-state index contributed by atoms with van der Waals surface area (Å²) in [6, 6.07) is 1.77. The summed E-state index contributed by atoms with van der Waals surface area (Å²) in [5.74, 6) is 1.65. The highest BCUT2D eigenvalue weighted by molar-refractivity contribution is 9.10. The number of hydrogen-bond donors (Lipinski definition) is 2. The summed E-state index contributed by atoms with van der Waals surface area (Å²) in [4.78, 5) is 2.30. The topological polar surface area (TPSA) is 54.0 Å². The van der Waals surface area contributed by atoms with Gasteiger partial charge in [-0.1, -0.05) is 0 Å². The maximum atomic E-state index is 10.3. The van der Waals surface area contributed by atoms with E-state index in [0.29, 0.717) is 35.7 Å². The molecular formula is C13H17BrN2O3. The van der Waals surface area contributed by atoms with E-state index in [9.17, 15) is 5.11 Å². The van der Waals surface area contributed by atoms with Crippen LogP contribution in [0.5, 0.6) is 17.2 Å². The quantitative estimate of drug-likeness (QED) is 0.857. The van der Waals surface area contributed by atoms with Gasteiger partial charge >= 0.3 is 0 Å². The number of nitrogens with one attached hydrogen (secondary N) is 1. The number of nitrogens with zero attached hydrogens (tertiary/aromatic N) is 1. The first kappa shape index (κ1) is 13.0. The number of phenols is 1. The molecule has 1 aromatic rings. The molecule has 0 saturated carbocycles. The van der Waals surface area contributed by atoms with Gasteiger partial charge in [-0.25, -0.2) is 0 Å². The van der Waals surface area contributed by atoms with E-state index in [4.69, 9.17) is 9.47 Å². The van der Waals surface area contributed by atoms with Crippen LogP contribution in [-0.2, 0) is 6.54 Å². The predicted octanol–water partition coefficient (Wildman–Crippen LogP) is 1.33. The average Bonchev–Trinajstić information content (AvgIpc) is 2.45. The van der Waals surface area contributed by atoms with Crippen molar-refractivity contribution in [2.75, 3.05) is 39.4 Å². The molecule has 0 unspecified atom stereocenters. The average molecular weight is 329 g/mol. The number of aromatic hydroxyl groups is 1. The van der Waals surface area contributed by atoms with Crippen LogP contribution in [0.2, 0.25) is 0 Å². The molecule has 2 heterocycles. The van der Waals surface area contributed by atoms with Gasteiger partial charge in [0.25, 0.3) is 0 Å². The maximum Gasteiger partial charge on any atom is 0.169 e. The fourth-order valence-corrected chi connectivity index (χ4v) is 2.90. The number of hydrogen-bond acceptors (Lipinski definition) is 5. The van der Waals surface area contributed by atoms with Crippen LogP contribution in [-0.4, -0.2) is 49.4 Å². The van der Waals surface area contributed by atoms with Gasteiger partial charge in [0.15, 0.2) is 11.5 Å². The second-order valence-corrected chi connectivity index (χ2v) is 5.59. The summed E-state index contributed by atoms with van der Waals surface area (Å²) in [5, 5.41) is 13.6. The van der Waals surface area contributed by atoms with Gasteiger partial charge in [0.05, 0.1) is 10.0 Å². The number of rotatable bonds is 2. The maximum absolute atomic E-state index is 10.3. The van der Waals surface area contributed by atoms with Crippen LogP contribution in [0.15, 0.2) is 10.5 Å². The molecule has 3 rings (SSSR count). The van der Waals surface area contributed by atoms with Crippen molar-refractivity contribution < 1.29 is 14.6 Å². The van der Waals surface area contributed by atoms with Gasteiger partial charge in [-0.3, -0.25) is 4.90 Å². The summed E-state index contributed by atoms with van der Waals surface area (Å²) >= 11 is 3.37. The molecule has 0 aliphatic carbocycles. The minimum absolute atomic E-state index is 0.253. The molecule has 0 amide bonds. The van der Waals surface area contributed by atoms with Gasteiger partial charge in [0.1, 0.15) is 19.0 Å². The molecule has 19 heavy (non-hydrogen) atoms. The van der Waals surface area contributed by atoms with Gasteiger partial charge in [-0.15, -0.1) is 0 Å². The van der Waals surface area contributed by atoms with E-state index in [0.717, 1.165) is 31.7 Å². The highest BCUT2D eigenvalue weighted by atomic mass is 79.9. The van der Waals surface area contributed by atoms with Crippen LogP contribution in [0.1, 0.15) is 5.56 Å². The number of benzene rings is 1. The van der Waals surface area contributed by atoms with Crippen molar-refractivity contribution in [3.05, 3.63) is 16.1 Å². The van der Waals surface area contributed by atoms with Gasteiger partial charge in [-0.2, -0.15) is 0 Å². The number of fused-ring (bicyclic) bond motifs is 1. The van der Waals surface area contributed by atoms with Crippen LogP contribution in [0.4, 0.5) is 0 Å². The van der Waals surface area contributed by atoms with Gasteiger partial charge < -0.3 is 19.9 Å². The van der Waals surface area contributed by atoms with E-state index in [2.05, 4.69) is 26.1 Å². The molecule has 0 radical (unpaired) electrons. The van der Waals surface area contributed by atoms with Crippen molar-refractivity contribution in [3.63, 3.8) is 0 Å². The number of ether oxygens (including phenoxy) is 2. The summed E-state index contributed by atoms with van der Waals surface area (Å²) in [7, 11) is 0. The standard InChI is InChI=1S/C13H17BrN2O3/c14-10-7-11-13(19-6-5-18-11)9(12(10)17)8-16-3-1-15-2-4-16/h7,15,17H,1-6,8H2. The number of piperazine rings is 1. The molecule has 1 aromatic carbocycles. The van der Waals surface area contributed by atoms with E-state index in [1.165, 1.54) is 0 Å². The van der Waals surface area contributed by atoms with E-state index < -0.39 is 0 Å². The molecule has 0 aromatic heterocycles. The molecule has 0 bridgehead atoms. The largest absolute Gasteiger partial charge is 0.506 e. The first-order chi connectivity index (χ1) is 9.25. The second-order valence-electron chi connectivity index (χ2n) is 4.74. The monoisotopic (exact) mass is 328 g/mol. The van der Waals surface area contributed by atoms with E-state index in [1.54, 1.807) is 6.07 Å².